The van der Waals surface area contributed by atoms with Crippen molar-refractivity contribution in [3.05, 3.63) is 0 Å². The zero-order valence-electron chi connectivity index (χ0n) is 14.3. The summed E-state index contributed by atoms with van der Waals surface area (Å²) in [5.41, 5.74) is 0. The number of Topliss-reactive ketones (excluding diaryl/α,β-unsaturated/α-hetero) is 1. The van der Waals surface area contributed by atoms with Crippen LogP contribution in [0.5, 0.6) is 0 Å². The lowest BCUT2D eigenvalue weighted by molar-refractivity contribution is -0.121. The first-order chi connectivity index (χ1) is 8.79. The van der Waals surface area contributed by atoms with Gasteiger partial charge in [-0.05, 0) is 43.4 Å². The van der Waals surface area contributed by atoms with E-state index >= 15 is 0 Å². The summed E-state index contributed by atoms with van der Waals surface area (Å²) in [5.74, 6) is 3.44. The van der Waals surface area contributed by atoms with E-state index < -0.39 is 0 Å². The summed E-state index contributed by atoms with van der Waals surface area (Å²) in [6, 6.07) is 0. The van der Waals surface area contributed by atoms with E-state index in [0.29, 0.717) is 11.7 Å². The minimum Gasteiger partial charge on any atom is -0.300 e. The second kappa shape index (κ2) is 9.55. The lowest BCUT2D eigenvalue weighted by Crippen LogP contribution is -2.21. The van der Waals surface area contributed by atoms with Gasteiger partial charge in [-0.15, -0.1) is 0 Å². The highest BCUT2D eigenvalue weighted by Crippen LogP contribution is 2.30. The second-order valence-electron chi connectivity index (χ2n) is 7.09. The molecule has 4 unspecified atom stereocenters. The lowest BCUT2D eigenvalue weighted by atomic mass is 9.78. The van der Waals surface area contributed by atoms with Gasteiger partial charge in [0.05, 0.1) is 0 Å². The van der Waals surface area contributed by atoms with Gasteiger partial charge in [-0.1, -0.05) is 60.8 Å². The molecule has 1 heteroatoms. The zero-order valence-corrected chi connectivity index (χ0v) is 14.3. The summed E-state index contributed by atoms with van der Waals surface area (Å²) in [7, 11) is 0. The van der Waals surface area contributed by atoms with Gasteiger partial charge in [-0.2, -0.15) is 0 Å². The van der Waals surface area contributed by atoms with E-state index in [0.717, 1.165) is 17.8 Å². The zero-order chi connectivity index (χ0) is 15.0. The average molecular weight is 268 g/mol. The molecule has 0 saturated heterocycles. The van der Waals surface area contributed by atoms with E-state index in [9.17, 15) is 4.79 Å². The highest BCUT2D eigenvalue weighted by Gasteiger charge is 2.23. The minimum atomic E-state index is 0.217. The number of rotatable bonds is 10. The maximum Gasteiger partial charge on any atom is 0.132 e. The third-order valence-electron chi connectivity index (χ3n) is 4.92. The molecule has 0 saturated carbocycles. The minimum absolute atomic E-state index is 0.217. The molecule has 0 fully saturated rings. The van der Waals surface area contributed by atoms with Crippen molar-refractivity contribution in [1.29, 1.82) is 0 Å². The smallest absolute Gasteiger partial charge is 0.132 e. The predicted octanol–water partition coefficient (Wildman–Crippen LogP) is 5.73. The molecule has 0 aromatic heterocycles. The molecule has 0 aliphatic heterocycles. The number of hydrogen-bond donors (Lipinski definition) is 0. The van der Waals surface area contributed by atoms with Crippen molar-refractivity contribution in [2.45, 2.75) is 80.6 Å². The third kappa shape index (κ3) is 7.74. The molecule has 0 rings (SSSR count). The molecule has 4 atom stereocenters. The summed E-state index contributed by atoms with van der Waals surface area (Å²) in [4.78, 5) is 11.5. The summed E-state index contributed by atoms with van der Waals surface area (Å²) >= 11 is 0. The van der Waals surface area contributed by atoms with Crippen LogP contribution in [-0.2, 0) is 4.79 Å². The monoisotopic (exact) mass is 268 g/mol. The Bertz CT molecular complexity index is 244. The van der Waals surface area contributed by atoms with E-state index in [1.807, 2.05) is 0 Å². The van der Waals surface area contributed by atoms with Crippen LogP contribution in [0.15, 0.2) is 0 Å². The van der Waals surface area contributed by atoms with Crippen molar-refractivity contribution in [3.63, 3.8) is 0 Å². The molecule has 19 heavy (non-hydrogen) atoms. The van der Waals surface area contributed by atoms with Crippen LogP contribution >= 0.6 is 0 Å². The van der Waals surface area contributed by atoms with Crippen molar-refractivity contribution in [1.82, 2.24) is 0 Å². The van der Waals surface area contributed by atoms with Gasteiger partial charge in [0, 0.05) is 5.92 Å². The molecule has 0 N–H and O–H groups in total. The second-order valence-corrected chi connectivity index (χ2v) is 7.09. The Balaban J connectivity index is 4.30. The van der Waals surface area contributed by atoms with Crippen LogP contribution in [-0.4, -0.2) is 5.78 Å². The molecular weight excluding hydrogens is 232 g/mol. The Labute approximate surface area is 121 Å². The topological polar surface area (TPSA) is 17.1 Å². The van der Waals surface area contributed by atoms with Gasteiger partial charge >= 0.3 is 0 Å². The molecule has 0 radical (unpaired) electrons. The van der Waals surface area contributed by atoms with Crippen molar-refractivity contribution in [2.24, 2.45) is 29.6 Å². The fourth-order valence-corrected chi connectivity index (χ4v) is 2.94. The van der Waals surface area contributed by atoms with E-state index in [-0.39, 0.29) is 5.92 Å². The van der Waals surface area contributed by atoms with Crippen LogP contribution in [0.4, 0.5) is 0 Å². The molecule has 0 aromatic rings. The first kappa shape index (κ1) is 18.7. The van der Waals surface area contributed by atoms with Gasteiger partial charge < -0.3 is 0 Å². The number of ketones is 1. The molecule has 114 valence electrons. The average Bonchev–Trinajstić information content (AvgIpc) is 2.32. The summed E-state index contributed by atoms with van der Waals surface area (Å²) < 4.78 is 0. The maximum atomic E-state index is 11.5. The quantitative estimate of drug-likeness (QED) is 0.495. The van der Waals surface area contributed by atoms with Crippen LogP contribution in [0.2, 0.25) is 0 Å². The Morgan fingerprint density at radius 3 is 1.95 bits per heavy atom. The summed E-state index contributed by atoms with van der Waals surface area (Å²) in [6.45, 7) is 15.4. The molecular formula is C18H36O. The molecule has 0 aliphatic rings. The highest BCUT2D eigenvalue weighted by atomic mass is 16.1. The molecule has 0 spiro atoms. The van der Waals surface area contributed by atoms with Gasteiger partial charge in [0.1, 0.15) is 5.78 Å². The Hall–Kier alpha value is -0.330. The van der Waals surface area contributed by atoms with E-state index in [1.54, 1.807) is 6.92 Å². The predicted molar refractivity (Wildman–Crippen MR) is 85.3 cm³/mol. The summed E-state index contributed by atoms with van der Waals surface area (Å²) in [5, 5.41) is 0. The largest absolute Gasteiger partial charge is 0.300 e. The third-order valence-corrected chi connectivity index (χ3v) is 4.92. The van der Waals surface area contributed by atoms with E-state index in [2.05, 4.69) is 41.5 Å². The van der Waals surface area contributed by atoms with Crippen molar-refractivity contribution >= 4 is 5.78 Å². The SMILES string of the molecule is CCCC(C)CCC(CC(C)C(C)C(C)=O)C(C)C. The van der Waals surface area contributed by atoms with Crippen LogP contribution < -0.4 is 0 Å². The first-order valence-corrected chi connectivity index (χ1v) is 8.29. The summed E-state index contributed by atoms with van der Waals surface area (Å²) in [6.07, 6.45) is 6.53. The highest BCUT2D eigenvalue weighted by molar-refractivity contribution is 5.78. The van der Waals surface area contributed by atoms with Crippen LogP contribution in [0.3, 0.4) is 0 Å². The number of carbonyl (C=O) groups is 1. The van der Waals surface area contributed by atoms with Gasteiger partial charge in [-0.3, -0.25) is 4.79 Å². The fourth-order valence-electron chi connectivity index (χ4n) is 2.94. The first-order valence-electron chi connectivity index (χ1n) is 8.29. The molecule has 0 heterocycles. The molecule has 0 aromatic carbocycles. The van der Waals surface area contributed by atoms with Gasteiger partial charge in [0.25, 0.3) is 0 Å². The van der Waals surface area contributed by atoms with Crippen LogP contribution in [0.1, 0.15) is 80.6 Å². The van der Waals surface area contributed by atoms with Crippen LogP contribution in [0, 0.1) is 29.6 Å². The fraction of sp³-hybridized carbons (Fsp3) is 0.944. The molecule has 0 bridgehead atoms. The molecule has 0 amide bonds. The molecule has 1 nitrogen and oxygen atoms in total. The Morgan fingerprint density at radius 1 is 0.947 bits per heavy atom. The van der Waals surface area contributed by atoms with Gasteiger partial charge in [0.2, 0.25) is 0 Å². The van der Waals surface area contributed by atoms with Gasteiger partial charge in [-0.25, -0.2) is 0 Å². The van der Waals surface area contributed by atoms with Crippen LogP contribution in [0.25, 0.3) is 0 Å². The van der Waals surface area contributed by atoms with E-state index in [4.69, 9.17) is 0 Å². The van der Waals surface area contributed by atoms with E-state index in [1.165, 1.54) is 32.1 Å². The lowest BCUT2D eigenvalue weighted by Gasteiger charge is -2.27. The number of hydrogen-bond acceptors (Lipinski definition) is 1. The van der Waals surface area contributed by atoms with Gasteiger partial charge in [0.15, 0.2) is 0 Å². The van der Waals surface area contributed by atoms with Crippen molar-refractivity contribution in [2.75, 3.05) is 0 Å². The van der Waals surface area contributed by atoms with Crippen molar-refractivity contribution in [3.8, 4) is 0 Å². The standard InChI is InChI=1S/C18H36O/c1-8-9-14(4)10-11-18(13(2)3)12-15(5)16(6)17(7)19/h13-16,18H,8-12H2,1-7H3. The maximum absolute atomic E-state index is 11.5. The Morgan fingerprint density at radius 2 is 1.53 bits per heavy atom. The molecule has 0 aliphatic carbocycles. The Kier molecular flexibility index (Phi) is 9.39. The van der Waals surface area contributed by atoms with Crippen molar-refractivity contribution < 1.29 is 4.79 Å². The number of carbonyl (C=O) groups excluding carboxylic acids is 1. The normalized spacial score (nSPS) is 18.1.